The van der Waals surface area contributed by atoms with Gasteiger partial charge in [0.2, 0.25) is 5.95 Å². The molecule has 0 bridgehead atoms. The Labute approximate surface area is 162 Å². The smallest absolute Gasteiger partial charge is 0.233 e. The van der Waals surface area contributed by atoms with Crippen molar-refractivity contribution in [1.29, 1.82) is 0 Å². The summed E-state index contributed by atoms with van der Waals surface area (Å²) < 4.78 is 4.02. The number of aryl methyl sites for hydroxylation is 1. The summed E-state index contributed by atoms with van der Waals surface area (Å²) >= 11 is 0. The van der Waals surface area contributed by atoms with Crippen molar-refractivity contribution in [2.45, 2.75) is 32.5 Å². The lowest BCUT2D eigenvalue weighted by atomic mass is 9.99. The van der Waals surface area contributed by atoms with Crippen LogP contribution in [0.2, 0.25) is 0 Å². The Morgan fingerprint density at radius 1 is 1.18 bits per heavy atom. The normalized spacial score (nSPS) is 17.0. The maximum atomic E-state index is 4.67. The van der Waals surface area contributed by atoms with Crippen molar-refractivity contribution >= 4 is 0 Å². The summed E-state index contributed by atoms with van der Waals surface area (Å²) in [7, 11) is 0. The molecule has 0 fully saturated rings. The predicted molar refractivity (Wildman–Crippen MR) is 104 cm³/mol. The monoisotopic (exact) mass is 374 g/mol. The van der Waals surface area contributed by atoms with Crippen LogP contribution >= 0.6 is 0 Å². The van der Waals surface area contributed by atoms with Crippen LogP contribution in [0.4, 0.5) is 0 Å². The van der Waals surface area contributed by atoms with Crippen molar-refractivity contribution in [3.05, 3.63) is 78.2 Å². The predicted octanol–water partition coefficient (Wildman–Crippen LogP) is 2.35. The molecule has 0 saturated carbocycles. The van der Waals surface area contributed by atoms with Gasteiger partial charge in [-0.2, -0.15) is 5.10 Å². The van der Waals surface area contributed by atoms with Gasteiger partial charge in [-0.25, -0.2) is 15.0 Å². The van der Waals surface area contributed by atoms with Crippen LogP contribution in [-0.4, -0.2) is 45.7 Å². The van der Waals surface area contributed by atoms with Crippen molar-refractivity contribution < 1.29 is 0 Å². The molecule has 0 saturated heterocycles. The van der Waals surface area contributed by atoms with Crippen LogP contribution in [0.1, 0.15) is 35.6 Å². The molecule has 1 aliphatic rings. The van der Waals surface area contributed by atoms with Crippen molar-refractivity contribution in [2.24, 2.45) is 0 Å². The van der Waals surface area contributed by atoms with Gasteiger partial charge < -0.3 is 4.98 Å². The first-order valence-corrected chi connectivity index (χ1v) is 9.55. The van der Waals surface area contributed by atoms with Crippen LogP contribution in [0.3, 0.4) is 0 Å². The van der Waals surface area contributed by atoms with Crippen LogP contribution in [0.5, 0.6) is 0 Å². The zero-order chi connectivity index (χ0) is 18.9. The molecule has 0 aliphatic carbocycles. The minimum Gasteiger partial charge on any atom is -0.348 e. The van der Waals surface area contributed by atoms with Crippen LogP contribution in [0.15, 0.2) is 55.5 Å². The Bertz CT molecular complexity index is 1060. The molecule has 0 unspecified atom stereocenters. The first-order valence-electron chi connectivity index (χ1n) is 9.55. The van der Waals surface area contributed by atoms with Gasteiger partial charge in [-0.1, -0.05) is 0 Å². The summed E-state index contributed by atoms with van der Waals surface area (Å²) in [5.41, 5.74) is 4.60. The summed E-state index contributed by atoms with van der Waals surface area (Å²) in [4.78, 5) is 19.3. The fourth-order valence-corrected chi connectivity index (χ4v) is 3.93. The van der Waals surface area contributed by atoms with Crippen LogP contribution in [-0.2, 0) is 19.5 Å². The van der Waals surface area contributed by atoms with Gasteiger partial charge in [-0.15, -0.1) is 0 Å². The van der Waals surface area contributed by atoms with Gasteiger partial charge in [0, 0.05) is 67.8 Å². The average molecular weight is 374 g/mol. The molecule has 0 spiro atoms. The van der Waals surface area contributed by atoms with Crippen molar-refractivity contribution in [3.8, 4) is 5.95 Å². The van der Waals surface area contributed by atoms with Gasteiger partial charge in [-0.05, 0) is 25.1 Å². The zero-order valence-electron chi connectivity index (χ0n) is 15.7. The molecule has 1 atom stereocenters. The third-order valence-electron chi connectivity index (χ3n) is 5.25. The lowest BCUT2D eigenvalue weighted by molar-refractivity contribution is 0.195. The Morgan fingerprint density at radius 2 is 2.07 bits per heavy atom. The fraction of sp³-hybridized carbons (Fsp3) is 0.300. The van der Waals surface area contributed by atoms with E-state index >= 15 is 0 Å². The van der Waals surface area contributed by atoms with E-state index in [4.69, 9.17) is 0 Å². The average Bonchev–Trinajstić information content (AvgIpc) is 3.49. The van der Waals surface area contributed by atoms with E-state index < -0.39 is 0 Å². The quantitative estimate of drug-likeness (QED) is 0.580. The first-order chi connectivity index (χ1) is 13.8. The van der Waals surface area contributed by atoms with Gasteiger partial charge in [0.05, 0.1) is 24.3 Å². The Hall–Kier alpha value is -3.26. The van der Waals surface area contributed by atoms with Gasteiger partial charge in [-0.3, -0.25) is 14.1 Å². The summed E-state index contributed by atoms with van der Waals surface area (Å²) in [6.45, 7) is 4.74. The third kappa shape index (κ3) is 2.91. The third-order valence-corrected chi connectivity index (χ3v) is 5.25. The Kier molecular flexibility index (Phi) is 4.25. The largest absolute Gasteiger partial charge is 0.348 e. The minimum atomic E-state index is 0.0267. The highest BCUT2D eigenvalue weighted by Gasteiger charge is 2.33. The molecule has 4 aromatic rings. The van der Waals surface area contributed by atoms with E-state index in [1.807, 2.05) is 29.2 Å². The van der Waals surface area contributed by atoms with E-state index in [9.17, 15) is 0 Å². The summed E-state index contributed by atoms with van der Waals surface area (Å²) in [6.07, 6.45) is 12.4. The van der Waals surface area contributed by atoms with Gasteiger partial charge in [0.25, 0.3) is 0 Å². The Balaban J connectivity index is 1.55. The first kappa shape index (κ1) is 16.9. The highest BCUT2D eigenvalue weighted by molar-refractivity contribution is 5.33. The SMILES string of the molecule is CCn1cc(CN2CCc3[nH]cnc3[C@H]2c2cccn2-c2ncccn2)cn1. The molecule has 5 heterocycles. The van der Waals surface area contributed by atoms with E-state index in [1.165, 1.54) is 11.3 Å². The molecule has 8 heteroatoms. The number of nitrogens with zero attached hydrogens (tertiary/aromatic N) is 7. The number of aromatic nitrogens is 7. The molecule has 1 aliphatic heterocycles. The molecule has 1 N–H and O–H groups in total. The molecule has 0 radical (unpaired) electrons. The van der Waals surface area contributed by atoms with E-state index in [-0.39, 0.29) is 6.04 Å². The number of aromatic amines is 1. The van der Waals surface area contributed by atoms with Crippen molar-refractivity contribution in [1.82, 2.24) is 39.2 Å². The molecule has 5 rings (SSSR count). The lowest BCUT2D eigenvalue weighted by Crippen LogP contribution is -2.36. The van der Waals surface area contributed by atoms with Gasteiger partial charge >= 0.3 is 0 Å². The molecule has 0 amide bonds. The van der Waals surface area contributed by atoms with E-state index in [0.717, 1.165) is 37.4 Å². The number of H-pyrrole nitrogens is 1. The van der Waals surface area contributed by atoms with E-state index in [0.29, 0.717) is 5.95 Å². The molecule has 0 aromatic carbocycles. The van der Waals surface area contributed by atoms with E-state index in [1.54, 1.807) is 18.7 Å². The highest BCUT2D eigenvalue weighted by Crippen LogP contribution is 2.35. The second-order valence-electron chi connectivity index (χ2n) is 6.95. The molecular formula is C20H22N8. The molecule has 8 nitrogen and oxygen atoms in total. The standard InChI is InChI=1S/C20H22N8/c1-2-27-13-15(11-25-27)12-26-10-6-16-18(24-14-23-16)19(26)17-5-3-9-28(17)20-21-7-4-8-22-20/h3-5,7-9,11,13-14,19H,2,6,10,12H2,1H3,(H,23,24)/t19-/m1/s1. The topological polar surface area (TPSA) is 80.5 Å². The minimum absolute atomic E-state index is 0.0267. The maximum absolute atomic E-state index is 4.67. The summed E-state index contributed by atoms with van der Waals surface area (Å²) in [5, 5.41) is 4.43. The number of hydrogen-bond donors (Lipinski definition) is 1. The Morgan fingerprint density at radius 3 is 2.89 bits per heavy atom. The van der Waals surface area contributed by atoms with Crippen molar-refractivity contribution in [3.63, 3.8) is 0 Å². The fourth-order valence-electron chi connectivity index (χ4n) is 3.93. The maximum Gasteiger partial charge on any atom is 0.233 e. The number of rotatable bonds is 5. The van der Waals surface area contributed by atoms with Gasteiger partial charge in [0.15, 0.2) is 0 Å². The molecule has 142 valence electrons. The van der Waals surface area contributed by atoms with Crippen molar-refractivity contribution in [2.75, 3.05) is 6.54 Å². The van der Waals surface area contributed by atoms with Crippen LogP contribution < -0.4 is 0 Å². The highest BCUT2D eigenvalue weighted by atomic mass is 15.3. The number of hydrogen-bond acceptors (Lipinski definition) is 5. The number of imidazole rings is 1. The molecule has 4 aromatic heterocycles. The lowest BCUT2D eigenvalue weighted by Gasteiger charge is -2.35. The number of nitrogens with one attached hydrogen (secondary N) is 1. The molecular weight excluding hydrogens is 352 g/mol. The summed E-state index contributed by atoms with van der Waals surface area (Å²) in [5.74, 6) is 0.670. The van der Waals surface area contributed by atoms with Gasteiger partial charge in [0.1, 0.15) is 0 Å². The second-order valence-corrected chi connectivity index (χ2v) is 6.95. The molecule has 28 heavy (non-hydrogen) atoms. The summed E-state index contributed by atoms with van der Waals surface area (Å²) in [6, 6.07) is 6.03. The number of fused-ring (bicyclic) bond motifs is 1. The van der Waals surface area contributed by atoms with E-state index in [2.05, 4.69) is 53.7 Å². The van der Waals surface area contributed by atoms with Crippen LogP contribution in [0.25, 0.3) is 5.95 Å². The second kappa shape index (κ2) is 7.05. The van der Waals surface area contributed by atoms with Crippen LogP contribution in [0, 0.1) is 0 Å². The zero-order valence-corrected chi connectivity index (χ0v) is 15.7.